The molecule has 2 rings (SSSR count). The summed E-state index contributed by atoms with van der Waals surface area (Å²) < 4.78 is 0. The Balaban J connectivity index is 2.39. The molecule has 2 aromatic rings. The van der Waals surface area contributed by atoms with Crippen molar-refractivity contribution in [1.29, 1.82) is 0 Å². The second kappa shape index (κ2) is 6.79. The summed E-state index contributed by atoms with van der Waals surface area (Å²) in [6.45, 7) is 4.12. The summed E-state index contributed by atoms with van der Waals surface area (Å²) in [7, 11) is 0. The highest BCUT2D eigenvalue weighted by atomic mass is 16.6. The maximum Gasteiger partial charge on any atom is 0.269 e. The standard InChI is InChI=1S/C17H18N2O2/c1-3-6-17(18-16-8-5-4-7-13(16)2)14-9-11-15(12-10-14)19(20)21/h4-5,7-12H,3,6H2,1-2H3. The molecule has 0 amide bonds. The van der Waals surface area contributed by atoms with Gasteiger partial charge in [0.1, 0.15) is 0 Å². The van der Waals surface area contributed by atoms with Crippen molar-refractivity contribution in [2.45, 2.75) is 26.7 Å². The molecule has 0 atom stereocenters. The van der Waals surface area contributed by atoms with E-state index in [1.54, 1.807) is 12.1 Å². The average Bonchev–Trinajstić information content (AvgIpc) is 2.49. The van der Waals surface area contributed by atoms with Crippen LogP contribution >= 0.6 is 0 Å². The van der Waals surface area contributed by atoms with Crippen molar-refractivity contribution in [2.75, 3.05) is 0 Å². The number of non-ortho nitro benzene ring substituents is 1. The molecule has 0 spiro atoms. The predicted molar refractivity (Wildman–Crippen MR) is 85.4 cm³/mol. The van der Waals surface area contributed by atoms with Crippen LogP contribution in [0.25, 0.3) is 0 Å². The number of hydrogen-bond acceptors (Lipinski definition) is 3. The molecule has 0 heterocycles. The zero-order chi connectivity index (χ0) is 15.2. The van der Waals surface area contributed by atoms with Crippen LogP contribution in [0.1, 0.15) is 30.9 Å². The van der Waals surface area contributed by atoms with Gasteiger partial charge in [0.25, 0.3) is 5.69 Å². The quantitative estimate of drug-likeness (QED) is 0.448. The molecular formula is C17H18N2O2. The van der Waals surface area contributed by atoms with Crippen molar-refractivity contribution in [3.05, 3.63) is 69.8 Å². The van der Waals surface area contributed by atoms with Crippen molar-refractivity contribution < 1.29 is 4.92 Å². The zero-order valence-corrected chi connectivity index (χ0v) is 12.2. The molecule has 0 aliphatic heterocycles. The molecule has 0 bridgehead atoms. The maximum atomic E-state index is 10.7. The molecule has 0 aliphatic carbocycles. The highest BCUT2D eigenvalue weighted by Crippen LogP contribution is 2.21. The summed E-state index contributed by atoms with van der Waals surface area (Å²) in [4.78, 5) is 15.1. The van der Waals surface area contributed by atoms with Gasteiger partial charge in [-0.15, -0.1) is 0 Å². The molecule has 0 aromatic heterocycles. The molecule has 0 unspecified atom stereocenters. The fourth-order valence-corrected chi connectivity index (χ4v) is 2.11. The lowest BCUT2D eigenvalue weighted by Crippen LogP contribution is -2.00. The Morgan fingerprint density at radius 3 is 2.38 bits per heavy atom. The van der Waals surface area contributed by atoms with Gasteiger partial charge in [0.05, 0.1) is 10.6 Å². The van der Waals surface area contributed by atoms with Gasteiger partial charge in [-0.1, -0.05) is 31.5 Å². The Morgan fingerprint density at radius 1 is 1.14 bits per heavy atom. The van der Waals surface area contributed by atoms with E-state index in [0.717, 1.165) is 35.4 Å². The molecule has 0 saturated carbocycles. The van der Waals surface area contributed by atoms with Gasteiger partial charge < -0.3 is 0 Å². The minimum atomic E-state index is -0.387. The smallest absolute Gasteiger partial charge is 0.258 e. The Kier molecular flexibility index (Phi) is 4.82. The van der Waals surface area contributed by atoms with Crippen LogP contribution in [-0.4, -0.2) is 10.6 Å². The molecule has 4 nitrogen and oxygen atoms in total. The largest absolute Gasteiger partial charge is 0.269 e. The van der Waals surface area contributed by atoms with E-state index >= 15 is 0 Å². The highest BCUT2D eigenvalue weighted by Gasteiger charge is 2.08. The van der Waals surface area contributed by atoms with Gasteiger partial charge >= 0.3 is 0 Å². The van der Waals surface area contributed by atoms with Crippen molar-refractivity contribution in [2.24, 2.45) is 4.99 Å². The molecule has 108 valence electrons. The molecular weight excluding hydrogens is 264 g/mol. The van der Waals surface area contributed by atoms with Crippen molar-refractivity contribution >= 4 is 17.1 Å². The average molecular weight is 282 g/mol. The Hall–Kier alpha value is -2.49. The van der Waals surface area contributed by atoms with Crippen LogP contribution in [0.2, 0.25) is 0 Å². The fourth-order valence-electron chi connectivity index (χ4n) is 2.11. The SMILES string of the molecule is CCCC(=Nc1ccccc1C)c1ccc([N+](=O)[O-])cc1. The van der Waals surface area contributed by atoms with Crippen LogP contribution in [0.5, 0.6) is 0 Å². The van der Waals surface area contributed by atoms with E-state index in [4.69, 9.17) is 4.99 Å². The molecule has 21 heavy (non-hydrogen) atoms. The lowest BCUT2D eigenvalue weighted by molar-refractivity contribution is -0.384. The number of aryl methyl sites for hydroxylation is 1. The van der Waals surface area contributed by atoms with E-state index in [-0.39, 0.29) is 10.6 Å². The van der Waals surface area contributed by atoms with Gasteiger partial charge in [-0.25, -0.2) is 0 Å². The van der Waals surface area contributed by atoms with E-state index < -0.39 is 0 Å². The third kappa shape index (κ3) is 3.75. The first kappa shape index (κ1) is 14.9. The fraction of sp³-hybridized carbons (Fsp3) is 0.235. The summed E-state index contributed by atoms with van der Waals surface area (Å²) in [6.07, 6.45) is 1.81. The first-order valence-electron chi connectivity index (χ1n) is 7.00. The monoisotopic (exact) mass is 282 g/mol. The molecule has 0 fully saturated rings. The summed E-state index contributed by atoms with van der Waals surface area (Å²) in [5.41, 5.74) is 4.06. The third-order valence-corrected chi connectivity index (χ3v) is 3.27. The minimum Gasteiger partial charge on any atom is -0.258 e. The summed E-state index contributed by atoms with van der Waals surface area (Å²) in [5, 5.41) is 10.7. The Morgan fingerprint density at radius 2 is 1.81 bits per heavy atom. The second-order valence-corrected chi connectivity index (χ2v) is 4.90. The molecule has 2 aromatic carbocycles. The van der Waals surface area contributed by atoms with E-state index in [9.17, 15) is 10.1 Å². The minimum absolute atomic E-state index is 0.102. The Bertz CT molecular complexity index is 661. The number of nitro groups is 1. The van der Waals surface area contributed by atoms with Gasteiger partial charge in [-0.05, 0) is 42.7 Å². The summed E-state index contributed by atoms with van der Waals surface area (Å²) >= 11 is 0. The van der Waals surface area contributed by atoms with E-state index in [1.165, 1.54) is 12.1 Å². The molecule has 0 radical (unpaired) electrons. The van der Waals surface area contributed by atoms with Gasteiger partial charge in [-0.3, -0.25) is 15.1 Å². The van der Waals surface area contributed by atoms with Crippen molar-refractivity contribution in [3.63, 3.8) is 0 Å². The number of rotatable bonds is 5. The van der Waals surface area contributed by atoms with Gasteiger partial charge in [0.15, 0.2) is 0 Å². The number of nitrogens with zero attached hydrogens (tertiary/aromatic N) is 2. The molecule has 0 N–H and O–H groups in total. The lowest BCUT2D eigenvalue weighted by atomic mass is 10.0. The van der Waals surface area contributed by atoms with Crippen LogP contribution in [0, 0.1) is 17.0 Å². The second-order valence-electron chi connectivity index (χ2n) is 4.90. The van der Waals surface area contributed by atoms with Crippen LogP contribution in [-0.2, 0) is 0 Å². The molecule has 0 aliphatic rings. The Labute approximate surface area is 124 Å². The maximum absolute atomic E-state index is 10.7. The van der Waals surface area contributed by atoms with Crippen molar-refractivity contribution in [3.8, 4) is 0 Å². The zero-order valence-electron chi connectivity index (χ0n) is 12.2. The summed E-state index contributed by atoms with van der Waals surface area (Å²) in [5.74, 6) is 0. The number of nitro benzene ring substituents is 1. The van der Waals surface area contributed by atoms with Crippen LogP contribution < -0.4 is 0 Å². The van der Waals surface area contributed by atoms with Crippen molar-refractivity contribution in [1.82, 2.24) is 0 Å². The van der Waals surface area contributed by atoms with E-state index in [2.05, 4.69) is 6.92 Å². The van der Waals surface area contributed by atoms with E-state index in [1.807, 2.05) is 31.2 Å². The number of benzene rings is 2. The first-order chi connectivity index (χ1) is 10.1. The number of para-hydroxylation sites is 1. The van der Waals surface area contributed by atoms with Gasteiger partial charge in [-0.2, -0.15) is 0 Å². The van der Waals surface area contributed by atoms with Crippen LogP contribution in [0.3, 0.4) is 0 Å². The van der Waals surface area contributed by atoms with Crippen LogP contribution in [0.15, 0.2) is 53.5 Å². The topological polar surface area (TPSA) is 55.5 Å². The molecule has 0 saturated heterocycles. The predicted octanol–water partition coefficient (Wildman–Crippen LogP) is 4.82. The normalized spacial score (nSPS) is 11.4. The number of hydrogen-bond donors (Lipinski definition) is 0. The molecule has 4 heteroatoms. The third-order valence-electron chi connectivity index (χ3n) is 3.27. The highest BCUT2D eigenvalue weighted by molar-refractivity contribution is 6.02. The summed E-state index contributed by atoms with van der Waals surface area (Å²) in [6, 6.07) is 14.5. The number of aliphatic imine (C=N–C) groups is 1. The first-order valence-corrected chi connectivity index (χ1v) is 7.00. The van der Waals surface area contributed by atoms with Crippen LogP contribution in [0.4, 0.5) is 11.4 Å². The van der Waals surface area contributed by atoms with Gasteiger partial charge in [0, 0.05) is 17.8 Å². The van der Waals surface area contributed by atoms with E-state index in [0.29, 0.717) is 0 Å². The lowest BCUT2D eigenvalue weighted by Gasteiger charge is -2.07. The van der Waals surface area contributed by atoms with Gasteiger partial charge in [0.2, 0.25) is 0 Å².